The molecule has 13 nitrogen and oxygen atoms in total. The second-order valence-electron chi connectivity index (χ2n) is 8.54. The van der Waals surface area contributed by atoms with Gasteiger partial charge in [0, 0.05) is 40.0 Å². The van der Waals surface area contributed by atoms with Crippen LogP contribution in [0.15, 0.2) is 15.9 Å². The number of carboxylic acid groups (broad SMARTS) is 1. The van der Waals surface area contributed by atoms with Crippen molar-refractivity contribution in [3.05, 3.63) is 27.2 Å². The van der Waals surface area contributed by atoms with Crippen LogP contribution < -0.4 is 17.0 Å². The number of hydrogen-bond acceptors (Lipinski definition) is 8. The van der Waals surface area contributed by atoms with Crippen molar-refractivity contribution in [1.29, 1.82) is 0 Å². The normalized spacial score (nSPS) is 25.0. The second kappa shape index (κ2) is 8.48. The highest BCUT2D eigenvalue weighted by molar-refractivity contribution is 5.78. The SMILES string of the molecule is Cn1c(=O)c2c(ncn2[C@H]2CN(C(=O)CC[C@H](N)C(=O)O)C[C@H](O)C[C@]2(C)O)n(C)c1=O. The van der Waals surface area contributed by atoms with Crippen molar-refractivity contribution in [2.45, 2.75) is 50.0 Å². The molecule has 2 aromatic heterocycles. The summed E-state index contributed by atoms with van der Waals surface area (Å²) in [6.45, 7) is 1.35. The molecule has 1 saturated heterocycles. The van der Waals surface area contributed by atoms with Gasteiger partial charge in [-0.2, -0.15) is 0 Å². The van der Waals surface area contributed by atoms with Gasteiger partial charge in [0.1, 0.15) is 6.04 Å². The molecule has 0 saturated carbocycles. The number of aliphatic hydroxyl groups excluding tert-OH is 1. The number of aryl methyl sites for hydroxylation is 1. The quantitative estimate of drug-likeness (QED) is 0.381. The first-order valence-corrected chi connectivity index (χ1v) is 10.1. The van der Waals surface area contributed by atoms with Gasteiger partial charge in [0.15, 0.2) is 11.2 Å². The van der Waals surface area contributed by atoms with Crippen LogP contribution in [0.5, 0.6) is 0 Å². The molecule has 0 aromatic carbocycles. The molecule has 176 valence electrons. The number of amides is 1. The third kappa shape index (κ3) is 4.18. The third-order valence-corrected chi connectivity index (χ3v) is 6.04. The maximum atomic E-state index is 12.9. The topological polar surface area (TPSA) is 186 Å². The lowest BCUT2D eigenvalue weighted by Gasteiger charge is -2.34. The molecular formula is C19H28N6O7. The number of β-amino-alcohol motifs (C(OH)–C–C–N with tert-alkyl or cyclic N) is 1. The number of imidazole rings is 1. The van der Waals surface area contributed by atoms with Crippen LogP contribution in [-0.2, 0) is 23.7 Å². The number of hydrogen-bond donors (Lipinski definition) is 4. The largest absolute Gasteiger partial charge is 0.480 e. The molecule has 0 radical (unpaired) electrons. The number of rotatable bonds is 5. The van der Waals surface area contributed by atoms with Crippen molar-refractivity contribution < 1.29 is 24.9 Å². The van der Waals surface area contributed by atoms with Gasteiger partial charge >= 0.3 is 11.7 Å². The Morgan fingerprint density at radius 1 is 1.28 bits per heavy atom. The Labute approximate surface area is 182 Å². The third-order valence-electron chi connectivity index (χ3n) is 6.04. The minimum absolute atomic E-state index is 0.0668. The zero-order valence-corrected chi connectivity index (χ0v) is 18.1. The number of nitrogens with two attached hydrogens (primary N) is 1. The predicted molar refractivity (Wildman–Crippen MR) is 112 cm³/mol. The van der Waals surface area contributed by atoms with Gasteiger partial charge in [-0.1, -0.05) is 0 Å². The second-order valence-corrected chi connectivity index (χ2v) is 8.54. The van der Waals surface area contributed by atoms with E-state index in [1.807, 2.05) is 0 Å². The van der Waals surface area contributed by atoms with E-state index in [1.165, 1.54) is 41.4 Å². The lowest BCUT2D eigenvalue weighted by atomic mass is 9.91. The molecule has 0 bridgehead atoms. The minimum atomic E-state index is -1.53. The number of carbonyl (C=O) groups is 2. The van der Waals surface area contributed by atoms with E-state index in [1.54, 1.807) is 0 Å². The fraction of sp³-hybridized carbons (Fsp3) is 0.632. The molecule has 0 aliphatic carbocycles. The lowest BCUT2D eigenvalue weighted by molar-refractivity contribution is -0.139. The molecular weight excluding hydrogens is 424 g/mol. The standard InChI is InChI=1S/C19H28N6O7/c1-19(32)6-10(26)7-24(13(27)5-4-11(20)17(29)30)8-12(19)25-9-21-15-14(25)16(28)23(3)18(31)22(15)2/h9-12,26,32H,4-8,20H2,1-3H3,(H,29,30)/t10-,11+,12+,19+/m1/s1. The number of likely N-dealkylation sites (tertiary alicyclic amines) is 1. The van der Waals surface area contributed by atoms with Crippen LogP contribution in [0.3, 0.4) is 0 Å². The fourth-order valence-electron chi connectivity index (χ4n) is 4.16. The van der Waals surface area contributed by atoms with Crippen LogP contribution in [0.1, 0.15) is 32.2 Å². The highest BCUT2D eigenvalue weighted by atomic mass is 16.4. The van der Waals surface area contributed by atoms with Crippen LogP contribution in [-0.4, -0.2) is 81.6 Å². The zero-order valence-electron chi connectivity index (χ0n) is 18.1. The van der Waals surface area contributed by atoms with Crippen molar-refractivity contribution in [3.8, 4) is 0 Å². The monoisotopic (exact) mass is 452 g/mol. The smallest absolute Gasteiger partial charge is 0.332 e. The molecule has 13 heteroatoms. The van der Waals surface area contributed by atoms with Crippen LogP contribution in [0.25, 0.3) is 11.2 Å². The fourth-order valence-corrected chi connectivity index (χ4v) is 4.16. The Morgan fingerprint density at radius 3 is 2.56 bits per heavy atom. The molecule has 1 aliphatic rings. The zero-order chi connectivity index (χ0) is 24.0. The average molecular weight is 452 g/mol. The molecule has 1 fully saturated rings. The summed E-state index contributed by atoms with van der Waals surface area (Å²) in [5.74, 6) is -1.66. The number of aromatic nitrogens is 4. The summed E-state index contributed by atoms with van der Waals surface area (Å²) >= 11 is 0. The molecule has 3 heterocycles. The lowest BCUT2D eigenvalue weighted by Crippen LogP contribution is -2.44. The van der Waals surface area contributed by atoms with E-state index in [4.69, 9.17) is 10.8 Å². The Hall–Kier alpha value is -3.03. The Morgan fingerprint density at radius 2 is 1.94 bits per heavy atom. The molecule has 4 atom stereocenters. The highest BCUT2D eigenvalue weighted by Gasteiger charge is 2.42. The van der Waals surface area contributed by atoms with E-state index in [0.29, 0.717) is 0 Å². The molecule has 5 N–H and O–H groups in total. The summed E-state index contributed by atoms with van der Waals surface area (Å²) in [5.41, 5.74) is 3.00. The van der Waals surface area contributed by atoms with E-state index in [-0.39, 0.29) is 43.5 Å². The Kier molecular flexibility index (Phi) is 6.26. The molecule has 1 aliphatic heterocycles. The molecule has 0 unspecified atom stereocenters. The summed E-state index contributed by atoms with van der Waals surface area (Å²) in [6, 6.07) is -2.07. The van der Waals surface area contributed by atoms with Gasteiger partial charge in [-0.15, -0.1) is 0 Å². The first-order valence-electron chi connectivity index (χ1n) is 10.1. The van der Waals surface area contributed by atoms with Crippen molar-refractivity contribution in [2.24, 2.45) is 19.8 Å². The molecule has 1 amide bonds. The Balaban J connectivity index is 2.03. The highest BCUT2D eigenvalue weighted by Crippen LogP contribution is 2.33. The van der Waals surface area contributed by atoms with Gasteiger partial charge < -0.3 is 30.5 Å². The van der Waals surface area contributed by atoms with E-state index in [9.17, 15) is 29.4 Å². The Bertz CT molecular complexity index is 1160. The summed E-state index contributed by atoms with van der Waals surface area (Å²) in [5, 5.41) is 30.5. The average Bonchev–Trinajstić information content (AvgIpc) is 3.10. The first-order chi connectivity index (χ1) is 14.8. The number of fused-ring (bicyclic) bond motifs is 1. The van der Waals surface area contributed by atoms with E-state index >= 15 is 0 Å². The van der Waals surface area contributed by atoms with Gasteiger partial charge in [0.05, 0.1) is 24.1 Å². The van der Waals surface area contributed by atoms with Gasteiger partial charge in [-0.25, -0.2) is 9.78 Å². The number of carboxylic acids is 1. The number of carbonyl (C=O) groups excluding carboxylic acids is 1. The molecule has 2 aromatic rings. The van der Waals surface area contributed by atoms with Crippen molar-refractivity contribution in [1.82, 2.24) is 23.6 Å². The van der Waals surface area contributed by atoms with E-state index in [2.05, 4.69) is 4.98 Å². The van der Waals surface area contributed by atoms with Crippen molar-refractivity contribution in [3.63, 3.8) is 0 Å². The summed E-state index contributed by atoms with van der Waals surface area (Å²) < 4.78 is 3.57. The maximum absolute atomic E-state index is 12.9. The van der Waals surface area contributed by atoms with Crippen LogP contribution in [0, 0.1) is 0 Å². The van der Waals surface area contributed by atoms with E-state index in [0.717, 1.165) is 4.57 Å². The number of aliphatic carboxylic acids is 1. The van der Waals surface area contributed by atoms with Gasteiger partial charge in [-0.3, -0.25) is 23.5 Å². The predicted octanol–water partition coefficient (Wildman–Crippen LogP) is -2.49. The summed E-state index contributed by atoms with van der Waals surface area (Å²) in [7, 11) is 2.80. The number of aliphatic hydroxyl groups is 2. The first kappa shape index (κ1) is 23.6. The van der Waals surface area contributed by atoms with Crippen LogP contribution >= 0.6 is 0 Å². The molecule has 3 rings (SSSR count). The van der Waals surface area contributed by atoms with Crippen LogP contribution in [0.4, 0.5) is 0 Å². The molecule has 0 spiro atoms. The minimum Gasteiger partial charge on any atom is -0.480 e. The summed E-state index contributed by atoms with van der Waals surface area (Å²) in [6.07, 6.45) is -0.0455. The maximum Gasteiger partial charge on any atom is 0.332 e. The number of nitrogens with zero attached hydrogens (tertiary/aromatic N) is 5. The van der Waals surface area contributed by atoms with Crippen molar-refractivity contribution >= 4 is 23.0 Å². The van der Waals surface area contributed by atoms with E-state index < -0.39 is 46.9 Å². The van der Waals surface area contributed by atoms with Gasteiger partial charge in [0.2, 0.25) is 5.91 Å². The van der Waals surface area contributed by atoms with Gasteiger partial charge in [-0.05, 0) is 13.3 Å². The van der Waals surface area contributed by atoms with Gasteiger partial charge in [0.25, 0.3) is 5.56 Å². The van der Waals surface area contributed by atoms with Crippen molar-refractivity contribution in [2.75, 3.05) is 13.1 Å². The summed E-state index contributed by atoms with van der Waals surface area (Å²) in [4.78, 5) is 54.3. The van der Waals surface area contributed by atoms with Crippen LogP contribution in [0.2, 0.25) is 0 Å². The molecule has 32 heavy (non-hydrogen) atoms.